The van der Waals surface area contributed by atoms with Gasteiger partial charge in [-0.3, -0.25) is 9.78 Å². The van der Waals surface area contributed by atoms with E-state index in [1.54, 1.807) is 12.1 Å². The Morgan fingerprint density at radius 1 is 0.860 bits per heavy atom. The summed E-state index contributed by atoms with van der Waals surface area (Å²) >= 11 is 0. The molecule has 7 rings (SSSR count). The highest BCUT2D eigenvalue weighted by Gasteiger charge is 2.45. The normalized spacial score (nSPS) is 15.9. The van der Waals surface area contributed by atoms with Crippen molar-refractivity contribution in [2.24, 2.45) is 0 Å². The lowest BCUT2D eigenvalue weighted by atomic mass is 9.85. The van der Waals surface area contributed by atoms with E-state index >= 15 is 0 Å². The van der Waals surface area contributed by atoms with Crippen LogP contribution in [0, 0.1) is 23.0 Å². The SMILES string of the molecule is N#Cc1cc(S(=O)(=O)N2CC[C@@H]2C(=O)N(Cc2ccc(C3CCCCC3)cn2)c2ccc(C(=O)OCc3ccccc3)c(OCc3ccccc3)c2)cc(F)c1F. The summed E-state index contributed by atoms with van der Waals surface area (Å²) in [7, 11) is -4.54. The number of sulfonamides is 1. The zero-order valence-electron chi connectivity index (χ0n) is 31.0. The Morgan fingerprint density at radius 2 is 1.56 bits per heavy atom. The Labute approximate surface area is 330 Å². The van der Waals surface area contributed by atoms with Crippen molar-refractivity contribution >= 4 is 27.6 Å². The largest absolute Gasteiger partial charge is 0.488 e. The number of hydrogen-bond acceptors (Lipinski definition) is 8. The molecule has 4 aromatic carbocycles. The first-order chi connectivity index (χ1) is 27.6. The first kappa shape index (κ1) is 39.3. The van der Waals surface area contributed by atoms with Crippen LogP contribution in [0.4, 0.5) is 14.5 Å². The van der Waals surface area contributed by atoms with Gasteiger partial charge in [0.2, 0.25) is 15.9 Å². The van der Waals surface area contributed by atoms with E-state index in [1.807, 2.05) is 79.0 Å². The van der Waals surface area contributed by atoms with Crippen LogP contribution in [-0.4, -0.2) is 42.2 Å². The second-order valence-corrected chi connectivity index (χ2v) is 16.0. The lowest BCUT2D eigenvalue weighted by molar-refractivity contribution is -0.125. The Bertz CT molecular complexity index is 2390. The molecular weight excluding hydrogens is 751 g/mol. The van der Waals surface area contributed by atoms with E-state index in [4.69, 9.17) is 14.5 Å². The molecule has 292 valence electrons. The molecule has 0 spiro atoms. The molecule has 1 aliphatic carbocycles. The summed E-state index contributed by atoms with van der Waals surface area (Å²) in [5.41, 5.74) is 2.91. The fourth-order valence-corrected chi connectivity index (χ4v) is 8.84. The van der Waals surface area contributed by atoms with Gasteiger partial charge in [-0.15, -0.1) is 0 Å². The van der Waals surface area contributed by atoms with Crippen LogP contribution in [-0.2, 0) is 39.3 Å². The van der Waals surface area contributed by atoms with Gasteiger partial charge in [-0.2, -0.15) is 9.57 Å². The fourth-order valence-electron chi connectivity index (χ4n) is 7.18. The minimum Gasteiger partial charge on any atom is -0.488 e. The van der Waals surface area contributed by atoms with Crippen molar-refractivity contribution in [3.05, 3.63) is 154 Å². The third-order valence-electron chi connectivity index (χ3n) is 10.4. The van der Waals surface area contributed by atoms with Crippen molar-refractivity contribution in [1.29, 1.82) is 5.26 Å². The quantitative estimate of drug-likeness (QED) is 0.109. The first-order valence-corrected chi connectivity index (χ1v) is 20.3. The van der Waals surface area contributed by atoms with Crippen molar-refractivity contribution in [2.75, 3.05) is 11.4 Å². The molecule has 1 aliphatic heterocycles. The number of anilines is 1. The van der Waals surface area contributed by atoms with E-state index in [2.05, 4.69) is 0 Å². The lowest BCUT2D eigenvalue weighted by Gasteiger charge is -2.41. The predicted octanol–water partition coefficient (Wildman–Crippen LogP) is 8.21. The van der Waals surface area contributed by atoms with Crippen molar-refractivity contribution in [3.63, 3.8) is 0 Å². The summed E-state index contributed by atoms with van der Waals surface area (Å²) in [6, 6.07) is 28.5. The van der Waals surface area contributed by atoms with Gasteiger partial charge in [0.25, 0.3) is 0 Å². The maximum Gasteiger partial charge on any atom is 0.342 e. The third-order valence-corrected chi connectivity index (χ3v) is 12.3. The molecule has 1 saturated heterocycles. The number of halogens is 2. The molecule has 1 aromatic heterocycles. The summed E-state index contributed by atoms with van der Waals surface area (Å²) in [5.74, 6) is -3.67. The minimum atomic E-state index is -4.54. The van der Waals surface area contributed by atoms with Gasteiger partial charge in [0.15, 0.2) is 11.6 Å². The van der Waals surface area contributed by atoms with E-state index < -0.39 is 50.0 Å². The number of amides is 1. The molecule has 0 unspecified atom stereocenters. The summed E-state index contributed by atoms with van der Waals surface area (Å²) in [6.07, 6.45) is 7.64. The smallest absolute Gasteiger partial charge is 0.342 e. The standard InChI is InChI=1S/C44H40F2N4O6S/c45-39-24-37(22-34(25-47)42(39)46)57(53,54)50-21-20-40(50)43(51)49(27-35-17-16-33(26-48-35)32-14-8-3-9-15-32)36-18-19-38(44(52)56-29-31-12-6-2-7-13-31)41(23-36)55-28-30-10-4-1-5-11-30/h1-2,4-7,10-13,16-19,22-24,26,32,40H,3,8-9,14-15,20-21,27-29H2/t40-/m1/s1. The Hall–Kier alpha value is -5.97. The highest BCUT2D eigenvalue weighted by molar-refractivity contribution is 7.89. The number of aromatic nitrogens is 1. The first-order valence-electron chi connectivity index (χ1n) is 18.8. The van der Waals surface area contributed by atoms with Crippen LogP contribution in [0.5, 0.6) is 5.75 Å². The minimum absolute atomic E-state index is 0.0203. The number of esters is 1. The average Bonchev–Trinajstić information content (AvgIpc) is 3.22. The van der Waals surface area contributed by atoms with Gasteiger partial charge in [0.1, 0.15) is 36.6 Å². The number of hydrogen-bond donors (Lipinski definition) is 0. The van der Waals surface area contributed by atoms with E-state index in [9.17, 15) is 32.0 Å². The van der Waals surface area contributed by atoms with Crippen LogP contribution < -0.4 is 9.64 Å². The number of ether oxygens (including phenoxy) is 2. The summed E-state index contributed by atoms with van der Waals surface area (Å²) in [4.78, 5) is 33.6. The molecule has 13 heteroatoms. The topological polar surface area (TPSA) is 130 Å². The molecule has 57 heavy (non-hydrogen) atoms. The zero-order chi connectivity index (χ0) is 39.9. The number of pyridine rings is 1. The average molecular weight is 791 g/mol. The van der Waals surface area contributed by atoms with E-state index in [0.29, 0.717) is 23.4 Å². The van der Waals surface area contributed by atoms with Gasteiger partial charge in [-0.05, 0) is 72.2 Å². The van der Waals surface area contributed by atoms with E-state index in [-0.39, 0.29) is 44.0 Å². The van der Waals surface area contributed by atoms with Gasteiger partial charge < -0.3 is 14.4 Å². The predicted molar refractivity (Wildman–Crippen MR) is 207 cm³/mol. The third kappa shape index (κ3) is 8.88. The van der Waals surface area contributed by atoms with Gasteiger partial charge in [0.05, 0.1) is 22.7 Å². The number of carbonyl (C=O) groups excluding carboxylic acids is 2. The summed E-state index contributed by atoms with van der Waals surface area (Å²) in [5, 5.41) is 9.30. The van der Waals surface area contributed by atoms with Crippen LogP contribution in [0.25, 0.3) is 0 Å². The Balaban J connectivity index is 1.23. The molecular formula is C44H40F2N4O6S. The number of rotatable bonds is 13. The molecule has 10 nitrogen and oxygen atoms in total. The van der Waals surface area contributed by atoms with Crippen LogP contribution in [0.1, 0.15) is 82.7 Å². The van der Waals surface area contributed by atoms with Crippen molar-refractivity contribution < 1.29 is 36.3 Å². The van der Waals surface area contributed by atoms with Crippen LogP contribution in [0.2, 0.25) is 0 Å². The molecule has 0 N–H and O–H groups in total. The van der Waals surface area contributed by atoms with Crippen LogP contribution in [0.3, 0.4) is 0 Å². The molecule has 1 saturated carbocycles. The lowest BCUT2D eigenvalue weighted by Crippen LogP contribution is -2.59. The van der Waals surface area contributed by atoms with Gasteiger partial charge >= 0.3 is 5.97 Å². The van der Waals surface area contributed by atoms with Crippen molar-refractivity contribution in [1.82, 2.24) is 9.29 Å². The maximum atomic E-state index is 14.6. The van der Waals surface area contributed by atoms with Crippen molar-refractivity contribution in [3.8, 4) is 11.8 Å². The second kappa shape index (κ2) is 17.4. The highest BCUT2D eigenvalue weighted by atomic mass is 32.2. The molecule has 0 bridgehead atoms. The zero-order valence-corrected chi connectivity index (χ0v) is 31.8. The Kier molecular flexibility index (Phi) is 12.0. The summed E-state index contributed by atoms with van der Waals surface area (Å²) < 4.78 is 69.0. The molecule has 1 atom stereocenters. The van der Waals surface area contributed by atoms with Gasteiger partial charge in [0, 0.05) is 24.5 Å². The molecule has 1 amide bonds. The molecule has 0 radical (unpaired) electrons. The monoisotopic (exact) mass is 790 g/mol. The summed E-state index contributed by atoms with van der Waals surface area (Å²) in [6.45, 7) is -0.0191. The van der Waals surface area contributed by atoms with E-state index in [1.165, 1.54) is 23.5 Å². The van der Waals surface area contributed by atoms with Crippen molar-refractivity contribution in [2.45, 2.75) is 75.1 Å². The molecule has 2 fully saturated rings. The second-order valence-electron chi connectivity index (χ2n) is 14.2. The number of carbonyl (C=O) groups is 2. The maximum absolute atomic E-state index is 14.6. The highest BCUT2D eigenvalue weighted by Crippen LogP contribution is 2.35. The van der Waals surface area contributed by atoms with E-state index in [0.717, 1.165) is 52.7 Å². The molecule has 2 aliphatic rings. The number of nitrogens with zero attached hydrogens (tertiary/aromatic N) is 4. The van der Waals surface area contributed by atoms with Crippen LogP contribution in [0.15, 0.2) is 114 Å². The Morgan fingerprint density at radius 3 is 2.19 bits per heavy atom. The van der Waals surface area contributed by atoms with Crippen LogP contribution >= 0.6 is 0 Å². The molecule has 5 aromatic rings. The number of benzene rings is 4. The molecule has 2 heterocycles. The number of nitriles is 1. The van der Waals surface area contributed by atoms with Gasteiger partial charge in [-0.25, -0.2) is 22.0 Å². The fraction of sp³-hybridized carbons (Fsp3) is 0.273. The van der Waals surface area contributed by atoms with Gasteiger partial charge in [-0.1, -0.05) is 86.0 Å².